The molecule has 0 unspecified atom stereocenters. The number of nitrogens with one attached hydrogen (secondary N) is 2. The van der Waals surface area contributed by atoms with E-state index in [1.807, 2.05) is 24.5 Å². The molecule has 2 aromatic heterocycles. The normalized spacial score (nSPS) is 20.9. The molecule has 9 heteroatoms. The third-order valence-electron chi connectivity index (χ3n) is 7.38. The fourth-order valence-electron chi connectivity index (χ4n) is 5.32. The molecule has 1 saturated heterocycles. The van der Waals surface area contributed by atoms with Crippen molar-refractivity contribution in [1.82, 2.24) is 24.8 Å². The van der Waals surface area contributed by atoms with Crippen molar-refractivity contribution in [2.24, 2.45) is 0 Å². The number of rotatable bonds is 8. The molecule has 0 amide bonds. The summed E-state index contributed by atoms with van der Waals surface area (Å²) in [4.78, 5) is 11.8. The summed E-state index contributed by atoms with van der Waals surface area (Å²) >= 11 is 0. The van der Waals surface area contributed by atoms with Crippen LogP contribution >= 0.6 is 12.4 Å². The van der Waals surface area contributed by atoms with Crippen LogP contribution in [0, 0.1) is 5.82 Å². The van der Waals surface area contributed by atoms with Crippen molar-refractivity contribution in [2.75, 3.05) is 38.0 Å². The number of aliphatic hydroxyl groups is 1. The highest BCUT2D eigenvalue weighted by Gasteiger charge is 2.25. The molecule has 2 fully saturated rings. The summed E-state index contributed by atoms with van der Waals surface area (Å²) in [7, 11) is 0. The molecule has 3 N–H and O–H groups in total. The van der Waals surface area contributed by atoms with Gasteiger partial charge in [-0.05, 0) is 43.7 Å². The topological polar surface area (TPSA) is 78.2 Å². The van der Waals surface area contributed by atoms with Gasteiger partial charge in [-0.15, -0.1) is 12.4 Å². The Morgan fingerprint density at radius 2 is 1.92 bits per heavy atom. The summed E-state index contributed by atoms with van der Waals surface area (Å²) in [6.07, 6.45) is 9.14. The molecule has 3 heterocycles. The first-order valence-electron chi connectivity index (χ1n) is 13.1. The third-order valence-corrected chi connectivity index (χ3v) is 7.38. The molecule has 196 valence electrons. The average Bonchev–Trinajstić information content (AvgIpc) is 3.24. The van der Waals surface area contributed by atoms with Crippen molar-refractivity contribution in [3.63, 3.8) is 0 Å². The zero-order chi connectivity index (χ0) is 24.2. The molecule has 0 bridgehead atoms. The smallest absolute Gasteiger partial charge is 0.224 e. The van der Waals surface area contributed by atoms with Gasteiger partial charge in [-0.1, -0.05) is 25.5 Å². The second-order valence-electron chi connectivity index (χ2n) is 9.96. The Labute approximate surface area is 218 Å². The zero-order valence-corrected chi connectivity index (χ0v) is 21.9. The van der Waals surface area contributed by atoms with Crippen LogP contribution in [-0.4, -0.2) is 63.4 Å². The van der Waals surface area contributed by atoms with Gasteiger partial charge in [0.05, 0.1) is 6.10 Å². The summed E-state index contributed by atoms with van der Waals surface area (Å²) < 4.78 is 17.7. The van der Waals surface area contributed by atoms with Gasteiger partial charge in [0.2, 0.25) is 5.95 Å². The van der Waals surface area contributed by atoms with Crippen molar-refractivity contribution < 1.29 is 9.50 Å². The van der Waals surface area contributed by atoms with E-state index in [1.165, 1.54) is 0 Å². The van der Waals surface area contributed by atoms with Crippen LogP contribution < -0.4 is 10.6 Å². The second kappa shape index (κ2) is 12.3. The molecule has 7 nitrogen and oxygen atoms in total. The fourth-order valence-corrected chi connectivity index (χ4v) is 5.32. The molecule has 3 aromatic rings. The Bertz CT molecular complexity index is 1140. The minimum absolute atomic E-state index is 0. The van der Waals surface area contributed by atoms with E-state index in [1.54, 1.807) is 6.07 Å². The molecule has 36 heavy (non-hydrogen) atoms. The number of unbranched alkanes of at least 4 members (excludes halogenated alkanes) is 1. The first-order valence-corrected chi connectivity index (χ1v) is 13.1. The number of hydrogen-bond donors (Lipinski definition) is 3. The van der Waals surface area contributed by atoms with Gasteiger partial charge in [0, 0.05) is 74.2 Å². The van der Waals surface area contributed by atoms with Crippen molar-refractivity contribution in [3.8, 4) is 11.1 Å². The third kappa shape index (κ3) is 5.99. The van der Waals surface area contributed by atoms with E-state index in [9.17, 15) is 5.11 Å². The summed E-state index contributed by atoms with van der Waals surface area (Å²) in [5.74, 6) is 0.403. The molecule has 0 atom stereocenters. The Hall–Kier alpha value is -2.26. The number of benzene rings is 1. The van der Waals surface area contributed by atoms with E-state index in [0.717, 1.165) is 100.0 Å². The predicted molar refractivity (Wildman–Crippen MR) is 145 cm³/mol. The molecule has 1 aliphatic carbocycles. The predicted octanol–water partition coefficient (Wildman–Crippen LogP) is 4.75. The monoisotopic (exact) mass is 516 g/mol. The van der Waals surface area contributed by atoms with E-state index >= 15 is 4.39 Å². The van der Waals surface area contributed by atoms with Crippen molar-refractivity contribution in [1.29, 1.82) is 0 Å². The van der Waals surface area contributed by atoms with Gasteiger partial charge in [0.15, 0.2) is 0 Å². The van der Waals surface area contributed by atoms with E-state index in [-0.39, 0.29) is 30.4 Å². The van der Waals surface area contributed by atoms with Crippen LogP contribution in [0.4, 0.5) is 10.3 Å². The summed E-state index contributed by atoms with van der Waals surface area (Å²) in [5.41, 5.74) is 3.25. The molecular formula is C27H38ClFN6O. The number of piperazine rings is 1. The Morgan fingerprint density at radius 1 is 1.14 bits per heavy atom. The van der Waals surface area contributed by atoms with Gasteiger partial charge in [-0.2, -0.15) is 4.98 Å². The van der Waals surface area contributed by atoms with Crippen molar-refractivity contribution in [3.05, 3.63) is 42.0 Å². The number of anilines is 1. The number of aromatic nitrogens is 3. The molecule has 0 spiro atoms. The Balaban J connectivity index is 0.00000304. The minimum atomic E-state index is -0.228. The number of nitrogens with zero attached hydrogens (tertiary/aromatic N) is 4. The summed E-state index contributed by atoms with van der Waals surface area (Å²) in [6, 6.07) is 5.87. The number of fused-ring (bicyclic) bond motifs is 1. The van der Waals surface area contributed by atoms with Crippen LogP contribution in [-0.2, 0) is 6.54 Å². The first-order chi connectivity index (χ1) is 17.1. The largest absolute Gasteiger partial charge is 0.393 e. The molecule has 5 rings (SSSR count). The van der Waals surface area contributed by atoms with E-state index < -0.39 is 0 Å². The highest BCUT2D eigenvalue weighted by atomic mass is 35.5. The van der Waals surface area contributed by atoms with Gasteiger partial charge >= 0.3 is 0 Å². The molecule has 0 radical (unpaired) electrons. The maximum atomic E-state index is 15.5. The van der Waals surface area contributed by atoms with Gasteiger partial charge in [0.1, 0.15) is 11.5 Å². The van der Waals surface area contributed by atoms with Gasteiger partial charge in [0.25, 0.3) is 0 Å². The van der Waals surface area contributed by atoms with Crippen molar-refractivity contribution >= 4 is 29.4 Å². The minimum Gasteiger partial charge on any atom is -0.393 e. The lowest BCUT2D eigenvalue weighted by Gasteiger charge is -2.27. The molecule has 1 aromatic carbocycles. The lowest BCUT2D eigenvalue weighted by atomic mass is 9.93. The maximum absolute atomic E-state index is 15.5. The number of aliphatic hydroxyl groups excluding tert-OH is 1. The zero-order valence-electron chi connectivity index (χ0n) is 21.0. The standard InChI is InChI=1S/C27H37FN6O.ClH/c1-2-3-10-30-27-31-16-23-24(18-34(26(23)32-27)20-5-7-21(35)8-6-20)22-9-4-19(15-25(22)28)17-33-13-11-29-12-14-33;/h4,9,15-16,18,20-21,29,35H,2-3,5-8,10-14,17H2,1H3,(H,30,31,32);1H. The summed E-state index contributed by atoms with van der Waals surface area (Å²) in [6.45, 7) is 7.68. The van der Waals surface area contributed by atoms with Crippen LogP contribution in [0.25, 0.3) is 22.2 Å². The highest BCUT2D eigenvalue weighted by molar-refractivity contribution is 5.94. The average molecular weight is 517 g/mol. The number of halogens is 2. The second-order valence-corrected chi connectivity index (χ2v) is 9.96. The lowest BCUT2D eigenvalue weighted by molar-refractivity contribution is 0.111. The highest BCUT2D eigenvalue weighted by Crippen LogP contribution is 2.37. The van der Waals surface area contributed by atoms with Crippen LogP contribution in [0.2, 0.25) is 0 Å². The fraction of sp³-hybridized carbons (Fsp3) is 0.556. The lowest BCUT2D eigenvalue weighted by Crippen LogP contribution is -2.42. The Morgan fingerprint density at radius 3 is 2.64 bits per heavy atom. The van der Waals surface area contributed by atoms with Gasteiger partial charge < -0.3 is 20.3 Å². The molecule has 1 saturated carbocycles. The maximum Gasteiger partial charge on any atom is 0.224 e. The van der Waals surface area contributed by atoms with Crippen LogP contribution in [0.1, 0.15) is 57.1 Å². The SMILES string of the molecule is CCCCNc1ncc2c(-c3ccc(CN4CCNCC4)cc3F)cn(C3CCC(O)CC3)c2n1.Cl. The molecule has 2 aliphatic rings. The Kier molecular flexibility index (Phi) is 9.17. The van der Waals surface area contributed by atoms with E-state index in [0.29, 0.717) is 11.5 Å². The molecule has 1 aliphatic heterocycles. The van der Waals surface area contributed by atoms with Crippen molar-refractivity contribution in [2.45, 2.75) is 64.1 Å². The number of hydrogen-bond acceptors (Lipinski definition) is 6. The van der Waals surface area contributed by atoms with Crippen LogP contribution in [0.5, 0.6) is 0 Å². The first kappa shape index (κ1) is 26.8. The van der Waals surface area contributed by atoms with Crippen LogP contribution in [0.3, 0.4) is 0 Å². The van der Waals surface area contributed by atoms with Crippen LogP contribution in [0.15, 0.2) is 30.6 Å². The molecular weight excluding hydrogens is 479 g/mol. The van der Waals surface area contributed by atoms with Gasteiger partial charge in [-0.25, -0.2) is 9.37 Å². The quantitative estimate of drug-likeness (QED) is 0.375. The van der Waals surface area contributed by atoms with E-state index in [2.05, 4.69) is 32.0 Å². The van der Waals surface area contributed by atoms with Gasteiger partial charge in [-0.3, -0.25) is 4.90 Å². The summed E-state index contributed by atoms with van der Waals surface area (Å²) in [5, 5.41) is 17.6. The van der Waals surface area contributed by atoms with E-state index in [4.69, 9.17) is 4.98 Å².